The Balaban J connectivity index is 1.38. The van der Waals surface area contributed by atoms with Crippen molar-refractivity contribution in [2.75, 3.05) is 12.3 Å². The Morgan fingerprint density at radius 1 is 1.03 bits per heavy atom. The van der Waals surface area contributed by atoms with Crippen molar-refractivity contribution in [2.45, 2.75) is 97.2 Å². The fourth-order valence-electron chi connectivity index (χ4n) is 9.22. The number of amides is 1. The molecule has 0 aromatic carbocycles. The third-order valence-corrected chi connectivity index (χ3v) is 11.6. The molecule has 4 fully saturated rings. The molecule has 0 bridgehead atoms. The molecule has 1 amide bonds. The molecule has 10 atom stereocenters. The fraction of sp³-hybridized carbons (Fsp3) is 0.962. The molecule has 0 aromatic heterocycles. The number of carbonyl (C=O) groups is 1. The van der Waals surface area contributed by atoms with E-state index in [2.05, 4.69) is 26.1 Å². The first-order valence-corrected chi connectivity index (χ1v) is 15.0. The van der Waals surface area contributed by atoms with Crippen LogP contribution in [0.2, 0.25) is 0 Å². The van der Waals surface area contributed by atoms with Crippen LogP contribution in [0.25, 0.3) is 0 Å². The Hall–Kier alpha value is -0.700. The molecule has 3 N–H and O–H groups in total. The average Bonchev–Trinajstić information content (AvgIpc) is 3.10. The van der Waals surface area contributed by atoms with Gasteiger partial charge in [0, 0.05) is 13.0 Å². The molecule has 0 heterocycles. The summed E-state index contributed by atoms with van der Waals surface area (Å²) in [6.45, 7) is 6.96. The highest BCUT2D eigenvalue weighted by Crippen LogP contribution is 2.68. The van der Waals surface area contributed by atoms with E-state index in [4.69, 9.17) is 0 Å². The fourth-order valence-corrected chi connectivity index (χ4v) is 9.57. The monoisotopic (exact) mass is 498 g/mol. The molecule has 4 saturated carbocycles. The second-order valence-corrected chi connectivity index (χ2v) is 14.1. The van der Waals surface area contributed by atoms with Crippen LogP contribution in [0.5, 0.6) is 0 Å². The Morgan fingerprint density at radius 3 is 2.41 bits per heavy atom. The molecule has 8 heteroatoms. The highest BCUT2D eigenvalue weighted by atomic mass is 32.2. The van der Waals surface area contributed by atoms with E-state index < -0.39 is 15.9 Å². The summed E-state index contributed by atoms with van der Waals surface area (Å²) in [6, 6.07) is 0. The van der Waals surface area contributed by atoms with Gasteiger partial charge < -0.3 is 20.1 Å². The Labute approximate surface area is 205 Å². The first-order chi connectivity index (χ1) is 15.8. The molecule has 7 nitrogen and oxygen atoms in total. The summed E-state index contributed by atoms with van der Waals surface area (Å²) in [5.74, 6) is 2.17. The quantitative estimate of drug-likeness (QED) is 0.463. The van der Waals surface area contributed by atoms with Gasteiger partial charge in [-0.2, -0.15) is 0 Å². The van der Waals surface area contributed by atoms with E-state index in [1.54, 1.807) is 0 Å². The van der Waals surface area contributed by atoms with Crippen LogP contribution in [-0.2, 0) is 14.9 Å². The van der Waals surface area contributed by atoms with Crippen molar-refractivity contribution in [3.8, 4) is 0 Å². The number of aliphatic hydroxyl groups is 2. The van der Waals surface area contributed by atoms with E-state index in [1.807, 2.05) is 0 Å². The van der Waals surface area contributed by atoms with Crippen molar-refractivity contribution in [1.82, 2.24) is 5.32 Å². The Kier molecular flexibility index (Phi) is 7.47. The van der Waals surface area contributed by atoms with Gasteiger partial charge in [-0.25, -0.2) is 8.42 Å². The maximum atomic E-state index is 12.2. The van der Waals surface area contributed by atoms with Crippen LogP contribution in [0.1, 0.15) is 85.0 Å². The lowest BCUT2D eigenvalue weighted by Gasteiger charge is -2.62. The molecular formula is C26H44NO6S-. The molecule has 0 spiro atoms. The van der Waals surface area contributed by atoms with Crippen molar-refractivity contribution < 1.29 is 28.0 Å². The molecule has 0 saturated heterocycles. The lowest BCUT2D eigenvalue weighted by Crippen LogP contribution is -2.58. The zero-order chi connectivity index (χ0) is 24.9. The molecular weight excluding hydrogens is 454 g/mol. The summed E-state index contributed by atoms with van der Waals surface area (Å²) < 4.78 is 32.2. The third-order valence-electron chi connectivity index (χ3n) is 10.9. The highest BCUT2D eigenvalue weighted by molar-refractivity contribution is 7.85. The molecule has 0 aliphatic heterocycles. The van der Waals surface area contributed by atoms with Crippen molar-refractivity contribution in [2.24, 2.45) is 46.3 Å². The van der Waals surface area contributed by atoms with Crippen molar-refractivity contribution in [1.29, 1.82) is 0 Å². The summed E-state index contributed by atoms with van der Waals surface area (Å²) in [5.41, 5.74) is 0.354. The Morgan fingerprint density at radius 2 is 1.71 bits per heavy atom. The van der Waals surface area contributed by atoms with Crippen molar-refractivity contribution in [3.63, 3.8) is 0 Å². The average molecular weight is 499 g/mol. The first-order valence-electron chi connectivity index (χ1n) is 13.4. The summed E-state index contributed by atoms with van der Waals surface area (Å²) in [7, 11) is -4.31. The number of nitrogens with one attached hydrogen (secondary N) is 1. The minimum atomic E-state index is -4.31. The van der Waals surface area contributed by atoms with Gasteiger partial charge in [-0.1, -0.05) is 20.8 Å². The van der Waals surface area contributed by atoms with Crippen LogP contribution in [0.4, 0.5) is 0 Å². The van der Waals surface area contributed by atoms with Gasteiger partial charge in [0.2, 0.25) is 5.91 Å². The number of aliphatic hydroxyl groups excluding tert-OH is 2. The standard InChI is InChI=1S/C26H45NO6S/c1-16(4-7-24(30)27-12-13-34(31,32)33)19-5-6-20-18-15-23(29)22-14-17(28)8-10-26(22,3)21(18)9-11-25(19,20)2/h16-23,28-29H,4-15H2,1-3H3,(H,27,30)(H,31,32,33)/p-1/t16-,17-,18+,19-,20+,21+,22+,23+,25-,26-/m1/s1. The minimum absolute atomic E-state index is 0.121. The summed E-state index contributed by atoms with van der Waals surface area (Å²) >= 11 is 0. The van der Waals surface area contributed by atoms with Crippen molar-refractivity contribution in [3.05, 3.63) is 0 Å². The second-order valence-electron chi connectivity index (χ2n) is 12.6. The van der Waals surface area contributed by atoms with Crippen molar-refractivity contribution >= 4 is 16.0 Å². The molecule has 196 valence electrons. The number of rotatable bonds is 7. The first kappa shape index (κ1) is 26.4. The topological polar surface area (TPSA) is 127 Å². The number of fused-ring (bicyclic) bond motifs is 5. The van der Waals surface area contributed by atoms with Gasteiger partial charge >= 0.3 is 0 Å². The highest BCUT2D eigenvalue weighted by Gasteiger charge is 2.62. The zero-order valence-corrected chi connectivity index (χ0v) is 21.9. The van der Waals surface area contributed by atoms with Gasteiger partial charge in [0.1, 0.15) is 0 Å². The summed E-state index contributed by atoms with van der Waals surface area (Å²) in [5, 5.41) is 24.0. The predicted octanol–water partition coefficient (Wildman–Crippen LogP) is 3.05. The largest absolute Gasteiger partial charge is 0.748 e. The summed E-state index contributed by atoms with van der Waals surface area (Å²) in [4.78, 5) is 12.2. The van der Waals surface area contributed by atoms with Crippen LogP contribution in [0.15, 0.2) is 0 Å². The van der Waals surface area contributed by atoms with E-state index in [-0.39, 0.29) is 41.4 Å². The normalized spacial score (nSPS) is 45.1. The van der Waals surface area contributed by atoms with Gasteiger partial charge in [0.25, 0.3) is 0 Å². The molecule has 4 aliphatic rings. The maximum Gasteiger partial charge on any atom is 0.220 e. The van der Waals surface area contributed by atoms with E-state index >= 15 is 0 Å². The zero-order valence-electron chi connectivity index (χ0n) is 21.0. The van der Waals surface area contributed by atoms with E-state index in [0.29, 0.717) is 36.0 Å². The lowest BCUT2D eigenvalue weighted by molar-refractivity contribution is -0.172. The number of carbonyl (C=O) groups excluding carboxylic acids is 1. The second kappa shape index (κ2) is 9.64. The van der Waals surface area contributed by atoms with Crippen LogP contribution in [0.3, 0.4) is 0 Å². The van der Waals surface area contributed by atoms with E-state index in [0.717, 1.165) is 38.5 Å². The molecule has 0 unspecified atom stereocenters. The summed E-state index contributed by atoms with van der Waals surface area (Å²) in [6.07, 6.45) is 8.75. The van der Waals surface area contributed by atoms with E-state index in [9.17, 15) is 28.0 Å². The SMILES string of the molecule is C[C@H](CCC(=O)NCCS(=O)(=O)[O-])[C@H]1CC[C@H]2[C@@H]3C[C@H](O)[C@@H]4C[C@H](O)CC[C@]4(C)[C@H]3CC[C@]12C. The van der Waals surface area contributed by atoms with Crippen LogP contribution < -0.4 is 5.32 Å². The third kappa shape index (κ3) is 4.94. The predicted molar refractivity (Wildman–Crippen MR) is 129 cm³/mol. The van der Waals surface area contributed by atoms with E-state index in [1.165, 1.54) is 19.3 Å². The van der Waals surface area contributed by atoms with Gasteiger partial charge in [-0.3, -0.25) is 4.79 Å². The van der Waals surface area contributed by atoms with Crippen LogP contribution >= 0.6 is 0 Å². The maximum absolute atomic E-state index is 12.2. The lowest BCUT2D eigenvalue weighted by atomic mass is 9.44. The molecule has 4 aliphatic carbocycles. The molecule has 4 rings (SSSR count). The van der Waals surface area contributed by atoms with Crippen LogP contribution in [-0.4, -0.2) is 53.6 Å². The minimum Gasteiger partial charge on any atom is -0.748 e. The molecule has 34 heavy (non-hydrogen) atoms. The van der Waals surface area contributed by atoms with Gasteiger partial charge in [-0.15, -0.1) is 0 Å². The smallest absolute Gasteiger partial charge is 0.220 e. The van der Waals surface area contributed by atoms with Gasteiger partial charge in [0.05, 0.1) is 28.1 Å². The number of hydrogen-bond acceptors (Lipinski definition) is 6. The van der Waals surface area contributed by atoms with Crippen LogP contribution in [0, 0.1) is 46.3 Å². The Bertz CT molecular complexity index is 863. The van der Waals surface area contributed by atoms with Gasteiger partial charge in [0.15, 0.2) is 0 Å². The molecule has 0 radical (unpaired) electrons. The molecule has 0 aromatic rings. The van der Waals surface area contributed by atoms with Gasteiger partial charge in [-0.05, 0) is 104 Å². The number of hydrogen-bond donors (Lipinski definition) is 3.